The molecule has 2 aliphatic rings. The number of hydrogen-bond acceptors (Lipinski definition) is 9. The summed E-state index contributed by atoms with van der Waals surface area (Å²) in [5.74, 6) is -3.58. The van der Waals surface area contributed by atoms with Gasteiger partial charge < -0.3 is 29.4 Å². The fourth-order valence-electron chi connectivity index (χ4n) is 4.68. The minimum atomic E-state index is -0.986. The molecule has 0 saturated heterocycles. The lowest BCUT2D eigenvalue weighted by Gasteiger charge is -2.38. The molecule has 2 N–H and O–H groups in total. The summed E-state index contributed by atoms with van der Waals surface area (Å²) in [6.07, 6.45) is 1.28. The van der Waals surface area contributed by atoms with Crippen molar-refractivity contribution in [2.24, 2.45) is 11.8 Å². The summed E-state index contributed by atoms with van der Waals surface area (Å²) in [6.45, 7) is 6.44. The van der Waals surface area contributed by atoms with Crippen LogP contribution in [0, 0.1) is 11.8 Å². The molecule has 1 aromatic carbocycles. The highest BCUT2D eigenvalue weighted by atomic mass is 16.6. The third-order valence-corrected chi connectivity index (χ3v) is 6.31. The number of allylic oxidation sites excluding steroid dienone is 3. The molecular weight excluding hydrogens is 454 g/mol. The van der Waals surface area contributed by atoms with Crippen LogP contribution in [0.1, 0.15) is 45.1 Å². The highest BCUT2D eigenvalue weighted by Gasteiger charge is 2.47. The van der Waals surface area contributed by atoms with Gasteiger partial charge in [0.1, 0.15) is 12.5 Å². The third kappa shape index (κ3) is 5.35. The lowest BCUT2D eigenvalue weighted by Crippen LogP contribution is -2.43. The highest BCUT2D eigenvalue weighted by Crippen LogP contribution is 2.46. The molecule has 0 radical (unpaired) electrons. The second kappa shape index (κ2) is 11.4. The average molecular weight is 488 g/mol. The largest absolute Gasteiger partial charge is 0.504 e. The van der Waals surface area contributed by atoms with Gasteiger partial charge in [-0.15, -0.1) is 0 Å². The molecule has 0 spiro atoms. The van der Waals surface area contributed by atoms with E-state index in [9.17, 15) is 19.5 Å². The summed E-state index contributed by atoms with van der Waals surface area (Å²) in [5.41, 5.74) is 2.31. The van der Waals surface area contributed by atoms with Gasteiger partial charge in [-0.05, 0) is 43.4 Å². The number of carbonyl (C=O) groups is 3. The van der Waals surface area contributed by atoms with E-state index in [2.05, 4.69) is 5.32 Å². The molecule has 0 unspecified atom stereocenters. The van der Waals surface area contributed by atoms with E-state index in [0.717, 1.165) is 6.42 Å². The Morgan fingerprint density at radius 2 is 1.91 bits per heavy atom. The number of ether oxygens (including phenoxy) is 4. The summed E-state index contributed by atoms with van der Waals surface area (Å²) in [5, 5.41) is 13.3. The Balaban J connectivity index is 2.07. The van der Waals surface area contributed by atoms with Gasteiger partial charge in [0.05, 0.1) is 26.4 Å². The second-order valence-electron chi connectivity index (χ2n) is 8.71. The Morgan fingerprint density at radius 1 is 1.17 bits per heavy atom. The number of Topliss-reactive ketones (excluding diaryl/α,β-unsaturated/α-hetero) is 1. The maximum Gasteiger partial charge on any atom is 0.336 e. The van der Waals surface area contributed by atoms with Gasteiger partial charge in [-0.1, -0.05) is 19.9 Å². The molecule has 35 heavy (non-hydrogen) atoms. The van der Waals surface area contributed by atoms with Crippen LogP contribution in [0.25, 0.3) is 0 Å². The van der Waals surface area contributed by atoms with Crippen LogP contribution < -0.4 is 10.1 Å². The summed E-state index contributed by atoms with van der Waals surface area (Å²) in [4.78, 5) is 39.5. The van der Waals surface area contributed by atoms with Gasteiger partial charge in [0.15, 0.2) is 17.3 Å². The van der Waals surface area contributed by atoms with E-state index < -0.39 is 29.6 Å². The molecule has 1 heterocycles. The van der Waals surface area contributed by atoms with Gasteiger partial charge in [-0.3, -0.25) is 9.59 Å². The molecule has 3 atom stereocenters. The van der Waals surface area contributed by atoms with Crippen LogP contribution in [0.3, 0.4) is 0 Å². The number of methoxy groups -OCH3 is 2. The van der Waals surface area contributed by atoms with Gasteiger partial charge in [0.25, 0.3) is 0 Å². The van der Waals surface area contributed by atoms with Gasteiger partial charge >= 0.3 is 11.9 Å². The number of phenolic OH excluding ortho intramolecular Hbond substituents is 1. The number of carbonyl (C=O) groups excluding carboxylic acids is 3. The summed E-state index contributed by atoms with van der Waals surface area (Å²) in [7, 11) is 2.67. The maximum atomic E-state index is 13.7. The highest BCUT2D eigenvalue weighted by molar-refractivity contribution is 6.12. The van der Waals surface area contributed by atoms with Crippen LogP contribution in [0.15, 0.2) is 40.7 Å². The van der Waals surface area contributed by atoms with E-state index >= 15 is 0 Å². The molecule has 0 amide bonds. The molecule has 1 aliphatic heterocycles. The minimum absolute atomic E-state index is 0.0584. The van der Waals surface area contributed by atoms with E-state index in [4.69, 9.17) is 18.9 Å². The molecule has 9 nitrogen and oxygen atoms in total. The van der Waals surface area contributed by atoms with Crippen molar-refractivity contribution in [2.75, 3.05) is 34.0 Å². The van der Waals surface area contributed by atoms with Crippen LogP contribution in [0.2, 0.25) is 0 Å². The van der Waals surface area contributed by atoms with Gasteiger partial charge in [0, 0.05) is 29.5 Å². The monoisotopic (exact) mass is 487 g/mol. The topological polar surface area (TPSA) is 120 Å². The zero-order valence-electron chi connectivity index (χ0n) is 20.8. The van der Waals surface area contributed by atoms with E-state index in [-0.39, 0.29) is 36.2 Å². The van der Waals surface area contributed by atoms with Crippen LogP contribution in [0.4, 0.5) is 0 Å². The SMILES string of the molecule is CCCOCCOC(=O)C1=C(C)NC2=C(C(=O)[C@H](C(=O)OC)[C@@H](C)C2)[C@H]1c1ccc(O)c(OC)c1. The number of benzene rings is 1. The molecule has 9 heteroatoms. The Morgan fingerprint density at radius 3 is 2.57 bits per heavy atom. The van der Waals surface area contributed by atoms with Crippen molar-refractivity contribution >= 4 is 17.7 Å². The molecule has 0 aromatic heterocycles. The first-order chi connectivity index (χ1) is 16.7. The van der Waals surface area contributed by atoms with Crippen molar-refractivity contribution in [3.05, 3.63) is 46.3 Å². The number of dihydropyridines is 1. The maximum absolute atomic E-state index is 13.7. The number of esters is 2. The van der Waals surface area contributed by atoms with Crippen molar-refractivity contribution in [1.82, 2.24) is 5.32 Å². The minimum Gasteiger partial charge on any atom is -0.504 e. The fraction of sp³-hybridized carbons (Fsp3) is 0.500. The van der Waals surface area contributed by atoms with Gasteiger partial charge in [0.2, 0.25) is 0 Å². The smallest absolute Gasteiger partial charge is 0.336 e. The van der Waals surface area contributed by atoms with Crippen molar-refractivity contribution in [3.63, 3.8) is 0 Å². The van der Waals surface area contributed by atoms with E-state index in [1.807, 2.05) is 13.8 Å². The Kier molecular flexibility index (Phi) is 8.56. The Labute approximate surface area is 205 Å². The summed E-state index contributed by atoms with van der Waals surface area (Å²) >= 11 is 0. The predicted octanol–water partition coefficient (Wildman–Crippen LogP) is 2.98. The number of aromatic hydroxyl groups is 1. The van der Waals surface area contributed by atoms with Crippen LogP contribution in [-0.2, 0) is 28.6 Å². The number of nitrogens with one attached hydrogen (secondary N) is 1. The molecule has 1 aromatic rings. The standard InChI is InChI=1S/C26H33NO8/c1-6-9-34-10-11-35-26(31)21-15(3)27-17-12-14(2)20(25(30)33-5)24(29)23(17)22(21)16-7-8-18(28)19(13-16)32-4/h7-8,13-14,20,22,27-28H,6,9-12H2,1-5H3/t14-,20+,22-/m0/s1. The zero-order chi connectivity index (χ0) is 25.7. The third-order valence-electron chi connectivity index (χ3n) is 6.31. The van der Waals surface area contributed by atoms with E-state index in [1.54, 1.807) is 19.1 Å². The summed E-state index contributed by atoms with van der Waals surface area (Å²) < 4.78 is 21.1. The van der Waals surface area contributed by atoms with Crippen LogP contribution in [-0.4, -0.2) is 56.9 Å². The number of rotatable bonds is 9. The number of ketones is 1. The predicted molar refractivity (Wildman–Crippen MR) is 127 cm³/mol. The molecule has 1 aliphatic carbocycles. The second-order valence-corrected chi connectivity index (χ2v) is 8.71. The normalized spacial score (nSPS) is 21.9. The van der Waals surface area contributed by atoms with Crippen molar-refractivity contribution in [3.8, 4) is 11.5 Å². The molecule has 3 rings (SSSR count). The van der Waals surface area contributed by atoms with Crippen LogP contribution >= 0.6 is 0 Å². The van der Waals surface area contributed by atoms with E-state index in [1.165, 1.54) is 20.3 Å². The molecule has 0 bridgehead atoms. The first kappa shape index (κ1) is 26.3. The summed E-state index contributed by atoms with van der Waals surface area (Å²) in [6, 6.07) is 4.65. The van der Waals surface area contributed by atoms with Crippen molar-refractivity contribution in [2.45, 2.75) is 39.5 Å². The molecule has 0 saturated carbocycles. The first-order valence-electron chi connectivity index (χ1n) is 11.7. The Bertz CT molecular complexity index is 1060. The zero-order valence-corrected chi connectivity index (χ0v) is 20.8. The van der Waals surface area contributed by atoms with E-state index in [0.29, 0.717) is 35.6 Å². The number of phenols is 1. The van der Waals surface area contributed by atoms with Gasteiger partial charge in [-0.2, -0.15) is 0 Å². The first-order valence-corrected chi connectivity index (χ1v) is 11.7. The lowest BCUT2D eigenvalue weighted by atomic mass is 9.69. The van der Waals surface area contributed by atoms with Crippen molar-refractivity contribution in [1.29, 1.82) is 0 Å². The lowest BCUT2D eigenvalue weighted by molar-refractivity contribution is -0.151. The fourth-order valence-corrected chi connectivity index (χ4v) is 4.68. The van der Waals surface area contributed by atoms with Crippen molar-refractivity contribution < 1.29 is 38.4 Å². The average Bonchev–Trinajstić information content (AvgIpc) is 2.83. The quantitative estimate of drug-likeness (QED) is 0.308. The van der Waals surface area contributed by atoms with Gasteiger partial charge in [-0.25, -0.2) is 4.79 Å². The Hall–Kier alpha value is -3.33. The molecular formula is C26H33NO8. The van der Waals surface area contributed by atoms with Crippen LogP contribution in [0.5, 0.6) is 11.5 Å². The molecule has 190 valence electrons. The number of hydrogen-bond donors (Lipinski definition) is 2. The molecule has 0 fully saturated rings.